The molecule has 1 heterocycles. The first kappa shape index (κ1) is 12.5. The van der Waals surface area contributed by atoms with Gasteiger partial charge in [0.15, 0.2) is 0 Å². The van der Waals surface area contributed by atoms with Gasteiger partial charge < -0.3 is 15.5 Å². The predicted octanol–water partition coefficient (Wildman–Crippen LogP) is 2.90. The quantitative estimate of drug-likeness (QED) is 0.784. The maximum atomic E-state index is 9.39. The van der Waals surface area contributed by atoms with Crippen LogP contribution in [0.4, 0.5) is 0 Å². The van der Waals surface area contributed by atoms with Gasteiger partial charge in [0.25, 0.3) is 0 Å². The van der Waals surface area contributed by atoms with Gasteiger partial charge in [-0.2, -0.15) is 0 Å². The van der Waals surface area contributed by atoms with Crippen LogP contribution >= 0.6 is 0 Å². The second-order valence-electron chi connectivity index (χ2n) is 4.96. The van der Waals surface area contributed by atoms with Crippen molar-refractivity contribution in [3.8, 4) is 11.5 Å². The molecule has 4 nitrogen and oxygen atoms in total. The number of hydrogen-bond donors (Lipinski definition) is 3. The zero-order valence-electron chi connectivity index (χ0n) is 11.1. The van der Waals surface area contributed by atoms with Crippen LogP contribution in [0.3, 0.4) is 0 Å². The summed E-state index contributed by atoms with van der Waals surface area (Å²) >= 11 is 0. The monoisotopic (exact) mass is 268 g/mol. The third-order valence-electron chi connectivity index (χ3n) is 3.50. The first-order valence-corrected chi connectivity index (χ1v) is 6.52. The van der Waals surface area contributed by atoms with E-state index in [1.165, 1.54) is 0 Å². The number of nitrogens with one attached hydrogen (secondary N) is 1. The van der Waals surface area contributed by atoms with Crippen molar-refractivity contribution in [3.63, 3.8) is 0 Å². The summed E-state index contributed by atoms with van der Waals surface area (Å²) in [5, 5.41) is 22.1. The highest BCUT2D eigenvalue weighted by atomic mass is 16.3. The van der Waals surface area contributed by atoms with Gasteiger partial charge in [0.2, 0.25) is 0 Å². The number of phenols is 2. The number of aliphatic imine (C=N–C) groups is 1. The summed E-state index contributed by atoms with van der Waals surface area (Å²) in [4.78, 5) is 4.63. The lowest BCUT2D eigenvalue weighted by atomic mass is 9.95. The lowest BCUT2D eigenvalue weighted by Crippen LogP contribution is -2.22. The van der Waals surface area contributed by atoms with E-state index >= 15 is 0 Å². The third-order valence-corrected chi connectivity index (χ3v) is 3.50. The van der Waals surface area contributed by atoms with E-state index < -0.39 is 0 Å². The maximum Gasteiger partial charge on any atom is 0.115 e. The van der Waals surface area contributed by atoms with Crippen LogP contribution in [0, 0.1) is 0 Å². The van der Waals surface area contributed by atoms with Crippen LogP contribution < -0.4 is 5.32 Å². The molecule has 3 rings (SSSR count). The molecule has 1 aliphatic heterocycles. The van der Waals surface area contributed by atoms with Crippen molar-refractivity contribution in [1.82, 2.24) is 5.32 Å². The van der Waals surface area contributed by atoms with Crippen LogP contribution in [0.15, 0.2) is 53.5 Å². The molecule has 102 valence electrons. The van der Waals surface area contributed by atoms with E-state index in [1.807, 2.05) is 31.2 Å². The lowest BCUT2D eigenvalue weighted by Gasteiger charge is -2.19. The molecule has 2 aromatic rings. The molecule has 20 heavy (non-hydrogen) atoms. The summed E-state index contributed by atoms with van der Waals surface area (Å²) in [5.74, 6) is 1.40. The van der Waals surface area contributed by atoms with Crippen LogP contribution in [0.25, 0.3) is 0 Å². The second kappa shape index (κ2) is 4.89. The first-order valence-electron chi connectivity index (χ1n) is 6.52. The standard InChI is InChI=1S/C16H16N2O2/c1-10-17-15(11-2-6-13(19)7-3-11)16(18-10)12-4-8-14(20)9-5-12/h2-9,15-16,19-20H,1H3,(H,17,18)/t15-,16+. The Labute approximate surface area is 117 Å². The van der Waals surface area contributed by atoms with E-state index in [4.69, 9.17) is 0 Å². The Bertz CT molecular complexity index is 633. The van der Waals surface area contributed by atoms with Gasteiger partial charge in [-0.05, 0) is 42.3 Å². The number of hydrogen-bond acceptors (Lipinski definition) is 4. The first-order chi connectivity index (χ1) is 9.63. The Hall–Kier alpha value is -2.49. The molecule has 1 aliphatic rings. The summed E-state index contributed by atoms with van der Waals surface area (Å²) in [5.41, 5.74) is 2.12. The second-order valence-corrected chi connectivity index (χ2v) is 4.96. The van der Waals surface area contributed by atoms with Gasteiger partial charge in [0.05, 0.1) is 11.9 Å². The van der Waals surface area contributed by atoms with Gasteiger partial charge in [-0.3, -0.25) is 4.99 Å². The van der Waals surface area contributed by atoms with Crippen LogP contribution in [-0.4, -0.2) is 16.0 Å². The summed E-state index contributed by atoms with van der Waals surface area (Å²) in [7, 11) is 0. The average Bonchev–Trinajstić information content (AvgIpc) is 2.82. The zero-order valence-corrected chi connectivity index (χ0v) is 11.1. The molecule has 2 atom stereocenters. The normalized spacial score (nSPS) is 21.4. The molecule has 0 fully saturated rings. The van der Waals surface area contributed by atoms with Gasteiger partial charge in [-0.1, -0.05) is 24.3 Å². The van der Waals surface area contributed by atoms with Crippen molar-refractivity contribution in [2.24, 2.45) is 4.99 Å². The van der Waals surface area contributed by atoms with E-state index in [0.29, 0.717) is 0 Å². The molecule has 0 spiro atoms. The van der Waals surface area contributed by atoms with Crippen molar-refractivity contribution < 1.29 is 10.2 Å². The van der Waals surface area contributed by atoms with E-state index in [-0.39, 0.29) is 23.6 Å². The number of nitrogens with zero attached hydrogens (tertiary/aromatic N) is 1. The molecule has 4 heteroatoms. The summed E-state index contributed by atoms with van der Waals surface area (Å²) in [6, 6.07) is 14.3. The van der Waals surface area contributed by atoms with Crippen LogP contribution in [0.5, 0.6) is 11.5 Å². The van der Waals surface area contributed by atoms with Crippen molar-refractivity contribution in [1.29, 1.82) is 0 Å². The number of benzene rings is 2. The highest BCUT2D eigenvalue weighted by Crippen LogP contribution is 2.36. The molecule has 0 amide bonds. The number of amidine groups is 1. The van der Waals surface area contributed by atoms with E-state index in [0.717, 1.165) is 17.0 Å². The van der Waals surface area contributed by atoms with E-state index in [2.05, 4.69) is 10.3 Å². The molecule has 2 aromatic carbocycles. The predicted molar refractivity (Wildman–Crippen MR) is 77.9 cm³/mol. The average molecular weight is 268 g/mol. The lowest BCUT2D eigenvalue weighted by molar-refractivity contribution is 0.472. The zero-order chi connectivity index (χ0) is 14.1. The summed E-state index contributed by atoms with van der Waals surface area (Å²) in [6.07, 6.45) is 0. The Morgan fingerprint density at radius 3 is 1.90 bits per heavy atom. The summed E-state index contributed by atoms with van der Waals surface area (Å²) in [6.45, 7) is 1.94. The van der Waals surface area contributed by atoms with E-state index in [1.54, 1.807) is 24.3 Å². The van der Waals surface area contributed by atoms with Crippen molar-refractivity contribution >= 4 is 5.84 Å². The number of rotatable bonds is 2. The molecular weight excluding hydrogens is 252 g/mol. The van der Waals surface area contributed by atoms with E-state index in [9.17, 15) is 10.2 Å². The smallest absolute Gasteiger partial charge is 0.115 e. The SMILES string of the molecule is CC1=N[C@H](c2ccc(O)cc2)[C@H](c2ccc(O)cc2)N1. The number of aromatic hydroxyl groups is 2. The minimum absolute atomic E-state index is 0.0276. The molecule has 0 saturated carbocycles. The van der Waals surface area contributed by atoms with Crippen LogP contribution in [0.1, 0.15) is 30.1 Å². The highest BCUT2D eigenvalue weighted by Gasteiger charge is 2.29. The van der Waals surface area contributed by atoms with Gasteiger partial charge in [-0.25, -0.2) is 0 Å². The Morgan fingerprint density at radius 2 is 1.35 bits per heavy atom. The fraction of sp³-hybridized carbons (Fsp3) is 0.188. The van der Waals surface area contributed by atoms with Crippen molar-refractivity contribution in [2.75, 3.05) is 0 Å². The fourth-order valence-electron chi connectivity index (χ4n) is 2.51. The fourth-order valence-corrected chi connectivity index (χ4v) is 2.51. The molecule has 0 unspecified atom stereocenters. The van der Waals surface area contributed by atoms with Gasteiger partial charge in [0.1, 0.15) is 17.5 Å². The molecular formula is C16H16N2O2. The Kier molecular flexibility index (Phi) is 3.06. The van der Waals surface area contributed by atoms with Crippen molar-refractivity contribution in [3.05, 3.63) is 59.7 Å². The van der Waals surface area contributed by atoms with Gasteiger partial charge in [0, 0.05) is 0 Å². The van der Waals surface area contributed by atoms with Gasteiger partial charge >= 0.3 is 0 Å². The molecule has 0 bridgehead atoms. The largest absolute Gasteiger partial charge is 0.508 e. The number of phenolic OH excluding ortho intramolecular Hbond substituents is 2. The summed E-state index contributed by atoms with van der Waals surface area (Å²) < 4.78 is 0. The molecule has 0 aliphatic carbocycles. The molecule has 0 saturated heterocycles. The maximum absolute atomic E-state index is 9.39. The van der Waals surface area contributed by atoms with Crippen LogP contribution in [-0.2, 0) is 0 Å². The third kappa shape index (κ3) is 2.32. The topological polar surface area (TPSA) is 64.9 Å². The Balaban J connectivity index is 1.95. The minimum atomic E-state index is -0.0276. The van der Waals surface area contributed by atoms with Crippen LogP contribution in [0.2, 0.25) is 0 Å². The molecule has 0 radical (unpaired) electrons. The molecule has 3 N–H and O–H groups in total. The molecule has 0 aromatic heterocycles. The highest BCUT2D eigenvalue weighted by molar-refractivity contribution is 5.82. The Morgan fingerprint density at radius 1 is 0.850 bits per heavy atom. The van der Waals surface area contributed by atoms with Gasteiger partial charge in [-0.15, -0.1) is 0 Å². The minimum Gasteiger partial charge on any atom is -0.508 e. The van der Waals surface area contributed by atoms with Crippen molar-refractivity contribution in [2.45, 2.75) is 19.0 Å².